The molecule has 0 saturated carbocycles. The van der Waals surface area contributed by atoms with Gasteiger partial charge in [-0.25, -0.2) is 4.79 Å². The molecule has 0 spiro atoms. The molecule has 0 aromatic heterocycles. The van der Waals surface area contributed by atoms with Gasteiger partial charge in [0.05, 0.1) is 21.3 Å². The molecule has 1 atom stereocenters. The number of Topliss-reactive ketones (excluding diaryl/α,β-unsaturated/α-hetero) is 1. The zero-order valence-electron chi connectivity index (χ0n) is 13.5. The van der Waals surface area contributed by atoms with Gasteiger partial charge in [0, 0.05) is 24.1 Å². The van der Waals surface area contributed by atoms with Gasteiger partial charge < -0.3 is 24.6 Å². The summed E-state index contributed by atoms with van der Waals surface area (Å²) in [4.78, 5) is 23.2. The van der Waals surface area contributed by atoms with Crippen LogP contribution in [0.5, 0.6) is 17.2 Å². The smallest absolute Gasteiger partial charge is 0.404 e. The van der Waals surface area contributed by atoms with E-state index in [1.807, 2.05) is 0 Å². The summed E-state index contributed by atoms with van der Waals surface area (Å²) in [6.07, 6.45) is 0.494. The Balaban J connectivity index is 2.38. The van der Waals surface area contributed by atoms with E-state index in [0.29, 0.717) is 35.7 Å². The Morgan fingerprint density at radius 1 is 1.26 bits per heavy atom. The minimum atomic E-state index is -1.08. The van der Waals surface area contributed by atoms with Crippen molar-refractivity contribution in [2.45, 2.75) is 19.3 Å². The third-order valence-electron chi connectivity index (χ3n) is 4.05. The first-order valence-electron chi connectivity index (χ1n) is 7.33. The summed E-state index contributed by atoms with van der Waals surface area (Å²) in [6, 6.07) is 1.67. The molecule has 0 bridgehead atoms. The lowest BCUT2D eigenvalue weighted by Gasteiger charge is -2.17. The second kappa shape index (κ2) is 7.21. The van der Waals surface area contributed by atoms with Crippen LogP contribution in [0.15, 0.2) is 6.07 Å². The third kappa shape index (κ3) is 3.49. The lowest BCUT2D eigenvalue weighted by atomic mass is 9.99. The van der Waals surface area contributed by atoms with Crippen LogP contribution >= 0.6 is 0 Å². The van der Waals surface area contributed by atoms with E-state index in [1.54, 1.807) is 6.07 Å². The van der Waals surface area contributed by atoms with Gasteiger partial charge in [-0.05, 0) is 24.8 Å². The van der Waals surface area contributed by atoms with Crippen molar-refractivity contribution >= 4 is 11.9 Å². The van der Waals surface area contributed by atoms with E-state index in [1.165, 1.54) is 21.3 Å². The molecule has 1 aliphatic carbocycles. The largest absolute Gasteiger partial charge is 0.493 e. The number of carbonyl (C=O) groups excluding carboxylic acids is 1. The van der Waals surface area contributed by atoms with E-state index in [2.05, 4.69) is 5.32 Å². The van der Waals surface area contributed by atoms with Gasteiger partial charge in [-0.3, -0.25) is 4.79 Å². The molecule has 0 fully saturated rings. The van der Waals surface area contributed by atoms with E-state index in [9.17, 15) is 9.59 Å². The van der Waals surface area contributed by atoms with E-state index in [4.69, 9.17) is 19.3 Å². The Bertz CT molecular complexity index is 613. The fourth-order valence-electron chi connectivity index (χ4n) is 2.94. The molecule has 0 saturated heterocycles. The van der Waals surface area contributed by atoms with E-state index in [0.717, 1.165) is 5.56 Å². The van der Waals surface area contributed by atoms with Crippen molar-refractivity contribution in [2.24, 2.45) is 5.92 Å². The predicted octanol–water partition coefficient (Wildman–Crippen LogP) is 2.12. The van der Waals surface area contributed by atoms with Crippen molar-refractivity contribution in [1.29, 1.82) is 0 Å². The number of fused-ring (bicyclic) bond motifs is 1. The number of nitrogens with one attached hydrogen (secondary N) is 1. The summed E-state index contributed by atoms with van der Waals surface area (Å²) < 4.78 is 16.1. The molecule has 2 rings (SSSR count). The number of methoxy groups -OCH3 is 3. The molecule has 7 heteroatoms. The number of ketones is 1. The summed E-state index contributed by atoms with van der Waals surface area (Å²) in [6.45, 7) is 0.256. The molecule has 1 amide bonds. The predicted molar refractivity (Wildman–Crippen MR) is 82.9 cm³/mol. The Morgan fingerprint density at radius 2 is 1.96 bits per heavy atom. The fraction of sp³-hybridized carbons (Fsp3) is 0.500. The molecule has 23 heavy (non-hydrogen) atoms. The monoisotopic (exact) mass is 323 g/mol. The second-order valence-corrected chi connectivity index (χ2v) is 5.39. The van der Waals surface area contributed by atoms with Crippen LogP contribution in [0.1, 0.15) is 28.8 Å². The molecule has 7 nitrogen and oxygen atoms in total. The van der Waals surface area contributed by atoms with Gasteiger partial charge in [0.15, 0.2) is 17.3 Å². The second-order valence-electron chi connectivity index (χ2n) is 5.39. The Morgan fingerprint density at radius 3 is 2.52 bits per heavy atom. The van der Waals surface area contributed by atoms with Crippen LogP contribution in [0.4, 0.5) is 4.79 Å². The minimum Gasteiger partial charge on any atom is -0.493 e. The van der Waals surface area contributed by atoms with Crippen molar-refractivity contribution in [3.8, 4) is 17.2 Å². The molecule has 0 heterocycles. The SMILES string of the molecule is COc1cc2c(c(OC)c1OC)CC[C@@H](CNC(=O)O)CC2=O. The van der Waals surface area contributed by atoms with Crippen LogP contribution in [0.25, 0.3) is 0 Å². The maximum atomic E-state index is 12.6. The molecule has 0 unspecified atom stereocenters. The number of carboxylic acid groups (broad SMARTS) is 1. The van der Waals surface area contributed by atoms with E-state index < -0.39 is 6.09 Å². The standard InChI is InChI=1S/C16H21NO6/c1-21-13-7-11-10(14(22-2)15(13)23-3)5-4-9(6-12(11)18)8-17-16(19)20/h7,9,17H,4-6,8H2,1-3H3,(H,19,20)/t9-/m1/s1. The molecule has 0 radical (unpaired) electrons. The molecule has 126 valence electrons. The van der Waals surface area contributed by atoms with Crippen molar-refractivity contribution in [3.05, 3.63) is 17.2 Å². The topological polar surface area (TPSA) is 94.1 Å². The van der Waals surface area contributed by atoms with Crippen LogP contribution in [-0.2, 0) is 6.42 Å². The Kier molecular flexibility index (Phi) is 5.31. The highest BCUT2D eigenvalue weighted by atomic mass is 16.5. The van der Waals surface area contributed by atoms with Crippen molar-refractivity contribution in [1.82, 2.24) is 5.32 Å². The van der Waals surface area contributed by atoms with Crippen LogP contribution in [0.2, 0.25) is 0 Å². The fourth-order valence-corrected chi connectivity index (χ4v) is 2.94. The number of rotatable bonds is 5. The van der Waals surface area contributed by atoms with Crippen LogP contribution in [0.3, 0.4) is 0 Å². The number of amides is 1. The van der Waals surface area contributed by atoms with Gasteiger partial charge in [0.25, 0.3) is 0 Å². The average Bonchev–Trinajstić information content (AvgIpc) is 2.70. The number of benzene rings is 1. The summed E-state index contributed by atoms with van der Waals surface area (Å²) in [5, 5.41) is 11.1. The summed E-state index contributed by atoms with van der Waals surface area (Å²) >= 11 is 0. The van der Waals surface area contributed by atoms with E-state index >= 15 is 0 Å². The van der Waals surface area contributed by atoms with Crippen LogP contribution < -0.4 is 19.5 Å². The van der Waals surface area contributed by atoms with Gasteiger partial charge in [-0.1, -0.05) is 0 Å². The average molecular weight is 323 g/mol. The third-order valence-corrected chi connectivity index (χ3v) is 4.05. The Labute approximate surface area is 134 Å². The maximum absolute atomic E-state index is 12.6. The summed E-state index contributed by atoms with van der Waals surface area (Å²) in [7, 11) is 4.55. The summed E-state index contributed by atoms with van der Waals surface area (Å²) in [5.74, 6) is 1.31. The van der Waals surface area contributed by atoms with Gasteiger partial charge in [-0.2, -0.15) is 0 Å². The van der Waals surface area contributed by atoms with E-state index in [-0.39, 0.29) is 24.7 Å². The molecule has 1 aromatic carbocycles. The number of hydrogen-bond acceptors (Lipinski definition) is 5. The molecule has 1 aromatic rings. The molecule has 0 aliphatic heterocycles. The lowest BCUT2D eigenvalue weighted by Crippen LogP contribution is -2.28. The van der Waals surface area contributed by atoms with Gasteiger partial charge in [0.1, 0.15) is 0 Å². The van der Waals surface area contributed by atoms with Crippen molar-refractivity contribution in [3.63, 3.8) is 0 Å². The van der Waals surface area contributed by atoms with Gasteiger partial charge in [-0.15, -0.1) is 0 Å². The number of ether oxygens (including phenoxy) is 3. The first kappa shape index (κ1) is 16.9. The highest BCUT2D eigenvalue weighted by molar-refractivity contribution is 5.99. The normalized spacial score (nSPS) is 17.0. The zero-order chi connectivity index (χ0) is 17.0. The van der Waals surface area contributed by atoms with Crippen molar-refractivity contribution < 1.29 is 28.9 Å². The molecular weight excluding hydrogens is 302 g/mol. The zero-order valence-corrected chi connectivity index (χ0v) is 13.5. The molecular formula is C16H21NO6. The molecule has 2 N–H and O–H groups in total. The van der Waals surface area contributed by atoms with Crippen LogP contribution in [-0.4, -0.2) is 44.9 Å². The number of carbonyl (C=O) groups is 2. The molecule has 1 aliphatic rings. The highest BCUT2D eigenvalue weighted by Crippen LogP contribution is 2.44. The van der Waals surface area contributed by atoms with Gasteiger partial charge >= 0.3 is 6.09 Å². The van der Waals surface area contributed by atoms with Gasteiger partial charge in [0.2, 0.25) is 5.75 Å². The summed E-state index contributed by atoms with van der Waals surface area (Å²) in [5.41, 5.74) is 1.34. The lowest BCUT2D eigenvalue weighted by molar-refractivity contribution is 0.0961. The maximum Gasteiger partial charge on any atom is 0.404 e. The highest BCUT2D eigenvalue weighted by Gasteiger charge is 2.29. The Hall–Kier alpha value is -2.44. The first-order chi connectivity index (χ1) is 11.0. The first-order valence-corrected chi connectivity index (χ1v) is 7.33. The minimum absolute atomic E-state index is 0.0473. The number of hydrogen-bond donors (Lipinski definition) is 2. The van der Waals surface area contributed by atoms with Crippen molar-refractivity contribution in [2.75, 3.05) is 27.9 Å². The quantitative estimate of drug-likeness (QED) is 0.806. The van der Waals surface area contributed by atoms with Crippen LogP contribution in [0, 0.1) is 5.92 Å².